The molecule has 0 fully saturated rings. The molecule has 0 N–H and O–H groups in total. The first-order chi connectivity index (χ1) is 6.11. The lowest BCUT2D eigenvalue weighted by Gasteiger charge is -2.28. The number of nitrogens with zero attached hydrogens (tertiary/aromatic N) is 1. The van der Waals surface area contributed by atoms with Gasteiger partial charge in [-0.05, 0) is 45.2 Å². The van der Waals surface area contributed by atoms with Crippen molar-refractivity contribution in [3.63, 3.8) is 0 Å². The van der Waals surface area contributed by atoms with Crippen molar-refractivity contribution in [2.75, 3.05) is 20.1 Å². The van der Waals surface area contributed by atoms with Crippen LogP contribution in [0.3, 0.4) is 0 Å². The van der Waals surface area contributed by atoms with Gasteiger partial charge in [0.25, 0.3) is 0 Å². The van der Waals surface area contributed by atoms with E-state index in [2.05, 4.69) is 38.8 Å². The van der Waals surface area contributed by atoms with Gasteiger partial charge >= 0.3 is 0 Å². The van der Waals surface area contributed by atoms with Gasteiger partial charge in [-0.3, -0.25) is 0 Å². The summed E-state index contributed by atoms with van der Waals surface area (Å²) in [5, 5.41) is 0. The Bertz CT molecular complexity index is 184. The number of hydrogen-bond donors (Lipinski definition) is 0. The molecular weight excluding hydrogens is 158 g/mol. The van der Waals surface area contributed by atoms with Crippen LogP contribution in [-0.2, 0) is 0 Å². The van der Waals surface area contributed by atoms with Crippen LogP contribution < -0.4 is 0 Å². The lowest BCUT2D eigenvalue weighted by Crippen LogP contribution is -2.28. The number of rotatable bonds is 3. The van der Waals surface area contributed by atoms with Crippen molar-refractivity contribution < 1.29 is 0 Å². The molecule has 13 heavy (non-hydrogen) atoms. The lowest BCUT2D eigenvalue weighted by atomic mass is 9.83. The second kappa shape index (κ2) is 4.80. The summed E-state index contributed by atoms with van der Waals surface area (Å²) in [6, 6.07) is 0. The molecule has 1 nitrogen and oxygen atoms in total. The minimum absolute atomic E-state index is 0.795. The zero-order valence-corrected chi connectivity index (χ0v) is 9.51. The van der Waals surface area contributed by atoms with E-state index < -0.39 is 0 Å². The van der Waals surface area contributed by atoms with Crippen molar-refractivity contribution in [2.45, 2.75) is 33.6 Å². The van der Waals surface area contributed by atoms with Crippen molar-refractivity contribution in [3.8, 4) is 0 Å². The van der Waals surface area contributed by atoms with Gasteiger partial charge in [0.05, 0.1) is 0 Å². The molecule has 76 valence electrons. The van der Waals surface area contributed by atoms with Crippen molar-refractivity contribution in [2.24, 2.45) is 11.8 Å². The molecule has 0 saturated carbocycles. The zero-order valence-electron chi connectivity index (χ0n) is 9.51. The Hall–Kier alpha value is -0.300. The first-order valence-corrected chi connectivity index (χ1v) is 5.47. The van der Waals surface area contributed by atoms with Crippen LogP contribution in [0, 0.1) is 11.8 Å². The molecule has 0 heterocycles. The molecule has 0 aliphatic heterocycles. The Morgan fingerprint density at radius 2 is 2.23 bits per heavy atom. The average molecular weight is 181 g/mol. The van der Waals surface area contributed by atoms with Gasteiger partial charge in [0, 0.05) is 6.54 Å². The summed E-state index contributed by atoms with van der Waals surface area (Å²) in [7, 11) is 2.22. The standard InChI is InChI=1S/C12H23N/c1-5-13(4)9-12-7-10(2)6-11(3)8-12/h6,10,12H,5,7-9H2,1-4H3. The second-order valence-corrected chi connectivity index (χ2v) is 4.65. The quantitative estimate of drug-likeness (QED) is 0.605. The predicted molar refractivity (Wildman–Crippen MR) is 58.8 cm³/mol. The summed E-state index contributed by atoms with van der Waals surface area (Å²) in [5.41, 5.74) is 1.59. The van der Waals surface area contributed by atoms with Gasteiger partial charge in [-0.25, -0.2) is 0 Å². The summed E-state index contributed by atoms with van der Waals surface area (Å²) in [6.45, 7) is 9.28. The molecule has 1 aliphatic rings. The smallest absolute Gasteiger partial charge is 0.000976 e. The second-order valence-electron chi connectivity index (χ2n) is 4.65. The van der Waals surface area contributed by atoms with E-state index in [4.69, 9.17) is 0 Å². The summed E-state index contributed by atoms with van der Waals surface area (Å²) in [5.74, 6) is 1.69. The van der Waals surface area contributed by atoms with Crippen LogP contribution >= 0.6 is 0 Å². The molecule has 2 atom stereocenters. The van der Waals surface area contributed by atoms with E-state index in [0.717, 1.165) is 11.8 Å². The molecule has 0 spiro atoms. The fourth-order valence-electron chi connectivity index (χ4n) is 2.40. The zero-order chi connectivity index (χ0) is 9.84. The molecule has 1 heteroatoms. The summed E-state index contributed by atoms with van der Waals surface area (Å²) in [4.78, 5) is 2.43. The van der Waals surface area contributed by atoms with Crippen molar-refractivity contribution in [1.29, 1.82) is 0 Å². The maximum Gasteiger partial charge on any atom is 0.000976 e. The molecule has 0 saturated heterocycles. The van der Waals surface area contributed by atoms with Crippen LogP contribution in [0.15, 0.2) is 11.6 Å². The molecule has 0 bridgehead atoms. The van der Waals surface area contributed by atoms with Gasteiger partial charge in [-0.15, -0.1) is 0 Å². The topological polar surface area (TPSA) is 3.24 Å². The highest BCUT2D eigenvalue weighted by Gasteiger charge is 2.18. The van der Waals surface area contributed by atoms with Crippen LogP contribution in [0.1, 0.15) is 33.6 Å². The fraction of sp³-hybridized carbons (Fsp3) is 0.833. The van der Waals surface area contributed by atoms with Crippen LogP contribution in [0.2, 0.25) is 0 Å². The van der Waals surface area contributed by atoms with Crippen LogP contribution in [0.5, 0.6) is 0 Å². The first kappa shape index (κ1) is 10.8. The highest BCUT2D eigenvalue weighted by Crippen LogP contribution is 2.27. The summed E-state index contributed by atoms with van der Waals surface area (Å²) >= 11 is 0. The largest absolute Gasteiger partial charge is 0.306 e. The average Bonchev–Trinajstić information content (AvgIpc) is 2.02. The molecule has 1 aliphatic carbocycles. The van der Waals surface area contributed by atoms with E-state index in [1.807, 2.05) is 0 Å². The van der Waals surface area contributed by atoms with Gasteiger partial charge in [0.15, 0.2) is 0 Å². The van der Waals surface area contributed by atoms with Crippen molar-refractivity contribution in [1.82, 2.24) is 4.90 Å². The van der Waals surface area contributed by atoms with E-state index in [1.165, 1.54) is 25.9 Å². The van der Waals surface area contributed by atoms with Crippen molar-refractivity contribution in [3.05, 3.63) is 11.6 Å². The maximum absolute atomic E-state index is 2.43. The third-order valence-corrected chi connectivity index (χ3v) is 2.99. The lowest BCUT2D eigenvalue weighted by molar-refractivity contribution is 0.258. The van der Waals surface area contributed by atoms with Crippen molar-refractivity contribution >= 4 is 0 Å². The number of hydrogen-bond acceptors (Lipinski definition) is 1. The fourth-order valence-corrected chi connectivity index (χ4v) is 2.40. The monoisotopic (exact) mass is 181 g/mol. The Labute approximate surface area is 82.8 Å². The van der Waals surface area contributed by atoms with Crippen LogP contribution in [-0.4, -0.2) is 25.0 Å². The minimum atomic E-state index is 0.795. The Kier molecular flexibility index (Phi) is 3.98. The van der Waals surface area contributed by atoms with E-state index in [-0.39, 0.29) is 0 Å². The molecular formula is C12H23N. The summed E-state index contributed by atoms with van der Waals surface area (Å²) in [6.07, 6.45) is 5.12. The highest BCUT2D eigenvalue weighted by atomic mass is 15.1. The molecule has 0 aromatic rings. The van der Waals surface area contributed by atoms with E-state index in [9.17, 15) is 0 Å². The maximum atomic E-state index is 2.43. The Morgan fingerprint density at radius 1 is 1.54 bits per heavy atom. The summed E-state index contributed by atoms with van der Waals surface area (Å²) < 4.78 is 0. The highest BCUT2D eigenvalue weighted by molar-refractivity contribution is 5.06. The third-order valence-electron chi connectivity index (χ3n) is 2.99. The van der Waals surface area contributed by atoms with Crippen LogP contribution in [0.4, 0.5) is 0 Å². The van der Waals surface area contributed by atoms with E-state index >= 15 is 0 Å². The number of allylic oxidation sites excluding steroid dienone is 2. The predicted octanol–water partition coefficient (Wildman–Crippen LogP) is 2.93. The Morgan fingerprint density at radius 3 is 2.77 bits per heavy atom. The molecule has 0 aromatic carbocycles. The molecule has 2 unspecified atom stereocenters. The normalized spacial score (nSPS) is 29.2. The van der Waals surface area contributed by atoms with Gasteiger partial charge in [-0.2, -0.15) is 0 Å². The SMILES string of the molecule is CCN(C)CC1CC(C)=CC(C)C1. The first-order valence-electron chi connectivity index (χ1n) is 5.47. The molecule has 0 radical (unpaired) electrons. The van der Waals surface area contributed by atoms with Gasteiger partial charge < -0.3 is 4.90 Å². The Balaban J connectivity index is 2.41. The van der Waals surface area contributed by atoms with Gasteiger partial charge in [-0.1, -0.05) is 25.5 Å². The van der Waals surface area contributed by atoms with E-state index in [0.29, 0.717) is 0 Å². The van der Waals surface area contributed by atoms with Gasteiger partial charge in [0.1, 0.15) is 0 Å². The van der Waals surface area contributed by atoms with Crippen LogP contribution in [0.25, 0.3) is 0 Å². The molecule has 0 aromatic heterocycles. The van der Waals surface area contributed by atoms with Gasteiger partial charge in [0.2, 0.25) is 0 Å². The van der Waals surface area contributed by atoms with E-state index in [1.54, 1.807) is 5.57 Å². The third kappa shape index (κ3) is 3.51. The molecule has 0 amide bonds. The minimum Gasteiger partial charge on any atom is -0.306 e. The molecule has 1 rings (SSSR count).